The van der Waals surface area contributed by atoms with E-state index in [0.717, 1.165) is 37.7 Å². The van der Waals surface area contributed by atoms with Crippen molar-refractivity contribution >= 4 is 23.3 Å². The molecule has 1 N–H and O–H groups in total. The summed E-state index contributed by atoms with van der Waals surface area (Å²) in [5.41, 5.74) is 1.53. The lowest BCUT2D eigenvalue weighted by Gasteiger charge is -2.35. The van der Waals surface area contributed by atoms with Crippen LogP contribution in [-0.2, 0) is 0 Å². The van der Waals surface area contributed by atoms with E-state index in [1.165, 1.54) is 12.1 Å². The van der Waals surface area contributed by atoms with E-state index in [9.17, 15) is 4.39 Å². The van der Waals surface area contributed by atoms with Gasteiger partial charge in [0.2, 0.25) is 5.95 Å². The molecule has 1 aliphatic heterocycles. The highest BCUT2D eigenvalue weighted by molar-refractivity contribution is 5.58. The van der Waals surface area contributed by atoms with Gasteiger partial charge in [0.05, 0.1) is 0 Å². The van der Waals surface area contributed by atoms with Gasteiger partial charge in [-0.3, -0.25) is 0 Å². The second-order valence-corrected chi connectivity index (χ2v) is 6.49. The number of anilines is 4. The summed E-state index contributed by atoms with van der Waals surface area (Å²) in [5, 5.41) is 3.16. The molecule has 6 nitrogen and oxygen atoms in total. The molecule has 4 rings (SSSR count). The Balaban J connectivity index is 1.47. The number of pyridine rings is 1. The summed E-state index contributed by atoms with van der Waals surface area (Å²) in [6.07, 6.45) is 1.82. The molecule has 0 radical (unpaired) electrons. The maximum Gasteiger partial charge on any atom is 0.227 e. The third-order valence-electron chi connectivity index (χ3n) is 4.48. The maximum absolute atomic E-state index is 13.4. The molecular formula is C20H21FN6. The van der Waals surface area contributed by atoms with Gasteiger partial charge in [-0.15, -0.1) is 0 Å². The molecule has 0 aliphatic carbocycles. The number of halogens is 1. The van der Waals surface area contributed by atoms with E-state index in [-0.39, 0.29) is 5.82 Å². The van der Waals surface area contributed by atoms with Crippen LogP contribution in [0.3, 0.4) is 0 Å². The van der Waals surface area contributed by atoms with Gasteiger partial charge in [0.1, 0.15) is 17.5 Å². The van der Waals surface area contributed by atoms with Crippen molar-refractivity contribution in [3.63, 3.8) is 0 Å². The minimum absolute atomic E-state index is 0.281. The summed E-state index contributed by atoms with van der Waals surface area (Å²) >= 11 is 0. The van der Waals surface area contributed by atoms with Gasteiger partial charge in [-0.2, -0.15) is 4.98 Å². The smallest absolute Gasteiger partial charge is 0.227 e. The van der Waals surface area contributed by atoms with Gasteiger partial charge in [-0.05, 0) is 37.3 Å². The molecule has 0 bridgehead atoms. The molecule has 138 valence electrons. The fourth-order valence-electron chi connectivity index (χ4n) is 3.15. The third-order valence-corrected chi connectivity index (χ3v) is 4.48. The van der Waals surface area contributed by atoms with Gasteiger partial charge in [-0.1, -0.05) is 12.1 Å². The Morgan fingerprint density at radius 2 is 1.74 bits per heavy atom. The van der Waals surface area contributed by atoms with Crippen LogP contribution in [0.2, 0.25) is 0 Å². The normalized spacial score (nSPS) is 14.3. The minimum Gasteiger partial charge on any atom is -0.353 e. The number of hydrogen-bond donors (Lipinski definition) is 1. The van der Waals surface area contributed by atoms with Crippen molar-refractivity contribution in [2.45, 2.75) is 6.92 Å². The molecule has 3 heterocycles. The molecule has 1 aliphatic rings. The van der Waals surface area contributed by atoms with Crippen molar-refractivity contribution < 1.29 is 4.39 Å². The molecule has 0 atom stereocenters. The van der Waals surface area contributed by atoms with E-state index in [0.29, 0.717) is 17.5 Å². The largest absolute Gasteiger partial charge is 0.353 e. The molecule has 1 aromatic carbocycles. The Kier molecular flexibility index (Phi) is 4.82. The molecule has 0 spiro atoms. The zero-order valence-electron chi connectivity index (χ0n) is 15.1. The first-order valence-corrected chi connectivity index (χ1v) is 8.96. The zero-order chi connectivity index (χ0) is 18.6. The quantitative estimate of drug-likeness (QED) is 0.766. The van der Waals surface area contributed by atoms with Crippen LogP contribution >= 0.6 is 0 Å². The number of nitrogens with one attached hydrogen (secondary N) is 1. The number of nitrogens with zero attached hydrogens (tertiary/aromatic N) is 5. The van der Waals surface area contributed by atoms with Crippen molar-refractivity contribution in [3.05, 3.63) is 66.2 Å². The van der Waals surface area contributed by atoms with Crippen LogP contribution in [0.15, 0.2) is 54.7 Å². The van der Waals surface area contributed by atoms with E-state index < -0.39 is 0 Å². The average Bonchev–Trinajstić information content (AvgIpc) is 2.68. The number of aromatic nitrogens is 3. The Morgan fingerprint density at radius 1 is 0.926 bits per heavy atom. The fourth-order valence-corrected chi connectivity index (χ4v) is 3.15. The summed E-state index contributed by atoms with van der Waals surface area (Å²) < 4.78 is 13.4. The number of rotatable bonds is 4. The lowest BCUT2D eigenvalue weighted by atomic mass is 10.3. The predicted octanol–water partition coefficient (Wildman–Crippen LogP) is 3.39. The molecule has 2 aromatic heterocycles. The number of piperazine rings is 1. The molecule has 0 unspecified atom stereocenters. The highest BCUT2D eigenvalue weighted by atomic mass is 19.1. The molecule has 1 fully saturated rings. The lowest BCUT2D eigenvalue weighted by Crippen LogP contribution is -2.47. The van der Waals surface area contributed by atoms with Crippen molar-refractivity contribution in [1.82, 2.24) is 15.0 Å². The van der Waals surface area contributed by atoms with Crippen molar-refractivity contribution in [2.24, 2.45) is 0 Å². The zero-order valence-corrected chi connectivity index (χ0v) is 15.1. The lowest BCUT2D eigenvalue weighted by molar-refractivity contribution is 0.628. The molecule has 0 saturated carbocycles. The minimum atomic E-state index is -0.281. The number of aryl methyl sites for hydroxylation is 1. The highest BCUT2D eigenvalue weighted by Gasteiger charge is 2.20. The Morgan fingerprint density at radius 3 is 2.48 bits per heavy atom. The van der Waals surface area contributed by atoms with E-state index in [4.69, 9.17) is 0 Å². The monoisotopic (exact) mass is 364 g/mol. The predicted molar refractivity (Wildman–Crippen MR) is 105 cm³/mol. The Hall–Kier alpha value is -3.22. The molecule has 1 saturated heterocycles. The first-order valence-electron chi connectivity index (χ1n) is 8.96. The van der Waals surface area contributed by atoms with E-state index >= 15 is 0 Å². The van der Waals surface area contributed by atoms with Crippen molar-refractivity contribution in [3.8, 4) is 0 Å². The van der Waals surface area contributed by atoms with Gasteiger partial charge < -0.3 is 15.1 Å². The van der Waals surface area contributed by atoms with Gasteiger partial charge in [0.15, 0.2) is 0 Å². The van der Waals surface area contributed by atoms with Gasteiger partial charge in [-0.25, -0.2) is 14.4 Å². The standard InChI is InChI=1S/C20H21FN6/c1-15-13-18(24-17-6-4-5-16(21)14-17)25-20(23-15)27-11-9-26(10-12-27)19-7-2-3-8-22-19/h2-8,13-14H,9-12H2,1H3,(H,23,24,25). The van der Waals surface area contributed by atoms with Crippen LogP contribution in [0.25, 0.3) is 0 Å². The second-order valence-electron chi connectivity index (χ2n) is 6.49. The van der Waals surface area contributed by atoms with E-state index in [1.54, 1.807) is 6.07 Å². The topological polar surface area (TPSA) is 57.2 Å². The Labute approximate surface area is 157 Å². The summed E-state index contributed by atoms with van der Waals surface area (Å²) in [7, 11) is 0. The third kappa shape index (κ3) is 4.13. The van der Waals surface area contributed by atoms with Crippen LogP contribution < -0.4 is 15.1 Å². The highest BCUT2D eigenvalue weighted by Crippen LogP contribution is 2.21. The first-order chi connectivity index (χ1) is 13.2. The van der Waals surface area contributed by atoms with Crippen LogP contribution in [0, 0.1) is 12.7 Å². The Bertz CT molecular complexity index is 909. The van der Waals surface area contributed by atoms with Crippen LogP contribution in [0.4, 0.5) is 27.7 Å². The van der Waals surface area contributed by atoms with E-state index in [1.807, 2.05) is 43.5 Å². The molecule has 7 heteroatoms. The van der Waals surface area contributed by atoms with Crippen LogP contribution in [0.1, 0.15) is 5.69 Å². The van der Waals surface area contributed by atoms with Gasteiger partial charge in [0.25, 0.3) is 0 Å². The number of hydrogen-bond acceptors (Lipinski definition) is 6. The summed E-state index contributed by atoms with van der Waals surface area (Å²) in [6.45, 7) is 5.30. The van der Waals surface area contributed by atoms with Crippen LogP contribution in [-0.4, -0.2) is 41.1 Å². The summed E-state index contributed by atoms with van der Waals surface area (Å²) in [5.74, 6) is 2.07. The van der Waals surface area contributed by atoms with Crippen LogP contribution in [0.5, 0.6) is 0 Å². The average molecular weight is 364 g/mol. The SMILES string of the molecule is Cc1cc(Nc2cccc(F)c2)nc(N2CCN(c3ccccn3)CC2)n1. The maximum atomic E-state index is 13.4. The van der Waals surface area contributed by atoms with Crippen molar-refractivity contribution in [1.29, 1.82) is 0 Å². The van der Waals surface area contributed by atoms with Crippen molar-refractivity contribution in [2.75, 3.05) is 41.3 Å². The summed E-state index contributed by atoms with van der Waals surface area (Å²) in [6, 6.07) is 14.2. The molecule has 3 aromatic rings. The molecule has 0 amide bonds. The first kappa shape index (κ1) is 17.2. The molecule has 27 heavy (non-hydrogen) atoms. The number of benzene rings is 1. The second kappa shape index (κ2) is 7.57. The fraction of sp³-hybridized carbons (Fsp3) is 0.250. The van der Waals surface area contributed by atoms with Gasteiger partial charge in [0, 0.05) is 49.8 Å². The molecular weight excluding hydrogens is 343 g/mol. The van der Waals surface area contributed by atoms with E-state index in [2.05, 4.69) is 30.1 Å². The summed E-state index contributed by atoms with van der Waals surface area (Å²) in [4.78, 5) is 18.1. The van der Waals surface area contributed by atoms with Gasteiger partial charge >= 0.3 is 0 Å².